The molecule has 0 aliphatic rings. The predicted octanol–water partition coefficient (Wildman–Crippen LogP) is 3.06. The zero-order valence-electron chi connectivity index (χ0n) is 18.3. The van der Waals surface area contributed by atoms with Gasteiger partial charge >= 0.3 is 11.9 Å². The van der Waals surface area contributed by atoms with Gasteiger partial charge in [-0.1, -0.05) is 12.1 Å². The molecule has 1 atom stereocenters. The number of nitrogens with zero attached hydrogens (tertiary/aromatic N) is 1. The highest BCUT2D eigenvalue weighted by molar-refractivity contribution is 6.28. The lowest BCUT2D eigenvalue weighted by atomic mass is 10.2. The third-order valence-electron chi connectivity index (χ3n) is 4.54. The van der Waals surface area contributed by atoms with Gasteiger partial charge < -0.3 is 24.2 Å². The van der Waals surface area contributed by atoms with Gasteiger partial charge in [-0.3, -0.25) is 5.32 Å². The highest BCUT2D eigenvalue weighted by Gasteiger charge is 2.20. The van der Waals surface area contributed by atoms with Gasteiger partial charge in [0.15, 0.2) is 17.7 Å². The van der Waals surface area contributed by atoms with Crippen LogP contribution in [-0.2, 0) is 14.3 Å². The van der Waals surface area contributed by atoms with E-state index in [4.69, 9.17) is 19.3 Å². The smallest absolute Gasteiger partial charge is 0.418 e. The highest BCUT2D eigenvalue weighted by Crippen LogP contribution is 2.26. The van der Waals surface area contributed by atoms with Crippen LogP contribution in [0.1, 0.15) is 20.3 Å². The number of ether oxygens (including phenoxy) is 3. The van der Waals surface area contributed by atoms with Crippen molar-refractivity contribution in [1.82, 2.24) is 5.32 Å². The number of esters is 1. The van der Waals surface area contributed by atoms with Crippen molar-refractivity contribution >= 4 is 17.6 Å². The van der Waals surface area contributed by atoms with Gasteiger partial charge in [0.05, 0.1) is 6.61 Å². The lowest BCUT2D eigenvalue weighted by Gasteiger charge is -2.26. The van der Waals surface area contributed by atoms with Gasteiger partial charge in [0, 0.05) is 31.7 Å². The molecule has 0 aliphatic heterocycles. The number of aliphatic carboxylic acids is 1. The molecule has 0 fully saturated rings. The molecule has 0 aliphatic carbocycles. The minimum Gasteiger partial charge on any atom is -0.490 e. The van der Waals surface area contributed by atoms with Crippen LogP contribution in [0.5, 0.6) is 11.5 Å². The Morgan fingerprint density at radius 1 is 1.06 bits per heavy atom. The van der Waals surface area contributed by atoms with E-state index in [1.54, 1.807) is 24.3 Å². The molecule has 2 aromatic carbocycles. The summed E-state index contributed by atoms with van der Waals surface area (Å²) in [5, 5.41) is 11.9. The molecular weight excluding hydrogens is 419 g/mol. The maximum atomic E-state index is 13.2. The van der Waals surface area contributed by atoms with E-state index < -0.39 is 18.2 Å². The van der Waals surface area contributed by atoms with Crippen LogP contribution in [0.25, 0.3) is 0 Å². The van der Waals surface area contributed by atoms with Crippen molar-refractivity contribution < 1.29 is 33.3 Å². The molecule has 0 radical (unpaired) electrons. The summed E-state index contributed by atoms with van der Waals surface area (Å²) in [5.74, 6) is -2.12. The number of carboxylic acids is 1. The second-order valence-corrected chi connectivity index (χ2v) is 6.73. The van der Waals surface area contributed by atoms with Gasteiger partial charge in [0.1, 0.15) is 12.4 Å². The fourth-order valence-electron chi connectivity index (χ4n) is 3.00. The van der Waals surface area contributed by atoms with Gasteiger partial charge in [-0.2, -0.15) is 0 Å². The second kappa shape index (κ2) is 13.2. The first-order valence-corrected chi connectivity index (χ1v) is 10.5. The number of para-hydroxylation sites is 2. The van der Waals surface area contributed by atoms with E-state index >= 15 is 0 Å². The molecule has 0 bridgehead atoms. The van der Waals surface area contributed by atoms with Crippen molar-refractivity contribution in [1.29, 1.82) is 0 Å². The molecule has 2 aromatic rings. The Bertz CT molecular complexity index is 862. The molecule has 2 N–H and O–H groups in total. The number of carboxylic acid groups (broad SMARTS) is 1. The number of nitrogens with one attached hydrogen (secondary N) is 1. The van der Waals surface area contributed by atoms with E-state index in [9.17, 15) is 14.0 Å². The first kappa shape index (κ1) is 24.9. The Labute approximate surface area is 186 Å². The fraction of sp³-hybridized carbons (Fsp3) is 0.391. The standard InChI is InChI=1S/C23H29FN2O6/c1-3-26(18-11-9-17(24)10-12-18)15-13-21(32-23(29)22(27)28)25-14-16-31-20-8-6-5-7-19(20)30-4-2/h5-12,21,25H,3-4,13-16H2,1-2H3,(H,27,28). The van der Waals surface area contributed by atoms with E-state index in [1.165, 1.54) is 12.1 Å². The molecule has 8 nitrogen and oxygen atoms in total. The number of rotatable bonds is 13. The van der Waals surface area contributed by atoms with Crippen molar-refractivity contribution in [2.45, 2.75) is 26.5 Å². The van der Waals surface area contributed by atoms with Crippen LogP contribution in [0, 0.1) is 5.82 Å². The van der Waals surface area contributed by atoms with Crippen molar-refractivity contribution in [3.05, 3.63) is 54.3 Å². The molecule has 0 spiro atoms. The maximum absolute atomic E-state index is 13.2. The number of hydrogen-bond acceptors (Lipinski definition) is 7. The normalized spacial score (nSPS) is 11.5. The van der Waals surface area contributed by atoms with Crippen molar-refractivity contribution in [3.63, 3.8) is 0 Å². The zero-order valence-corrected chi connectivity index (χ0v) is 18.3. The van der Waals surface area contributed by atoms with Crippen LogP contribution in [0.2, 0.25) is 0 Å². The average molecular weight is 448 g/mol. The zero-order chi connectivity index (χ0) is 23.3. The predicted molar refractivity (Wildman–Crippen MR) is 118 cm³/mol. The highest BCUT2D eigenvalue weighted by atomic mass is 19.1. The number of carbonyl (C=O) groups excluding carboxylic acids is 1. The number of halogens is 1. The maximum Gasteiger partial charge on any atom is 0.418 e. The molecule has 0 saturated carbocycles. The minimum atomic E-state index is -1.66. The van der Waals surface area contributed by atoms with E-state index in [1.807, 2.05) is 30.9 Å². The SMILES string of the molecule is CCOc1ccccc1OCCNC(CCN(CC)c1ccc(F)cc1)OC(=O)C(=O)O. The summed E-state index contributed by atoms with van der Waals surface area (Å²) in [6.45, 7) is 5.99. The van der Waals surface area contributed by atoms with Crippen LogP contribution in [-0.4, -0.2) is 56.1 Å². The number of carbonyl (C=O) groups is 2. The molecule has 0 heterocycles. The second-order valence-electron chi connectivity index (χ2n) is 6.73. The number of hydrogen-bond donors (Lipinski definition) is 2. The molecule has 0 aromatic heterocycles. The van der Waals surface area contributed by atoms with Gasteiger partial charge in [-0.15, -0.1) is 0 Å². The van der Waals surface area contributed by atoms with Gasteiger partial charge in [0.2, 0.25) is 0 Å². The Kier molecular flexibility index (Phi) is 10.3. The van der Waals surface area contributed by atoms with Crippen LogP contribution >= 0.6 is 0 Å². The average Bonchev–Trinajstić information content (AvgIpc) is 2.79. The quantitative estimate of drug-likeness (QED) is 0.209. The van der Waals surface area contributed by atoms with E-state index in [2.05, 4.69) is 5.32 Å². The Hall–Kier alpha value is -3.33. The van der Waals surface area contributed by atoms with Crippen LogP contribution in [0.3, 0.4) is 0 Å². The van der Waals surface area contributed by atoms with Crippen LogP contribution < -0.4 is 19.7 Å². The summed E-state index contributed by atoms with van der Waals surface area (Å²) in [6.07, 6.45) is -0.515. The van der Waals surface area contributed by atoms with Crippen molar-refractivity contribution in [2.24, 2.45) is 0 Å². The molecule has 0 saturated heterocycles. The van der Waals surface area contributed by atoms with Crippen molar-refractivity contribution in [2.75, 3.05) is 37.7 Å². The van der Waals surface area contributed by atoms with Gasteiger partial charge in [0.25, 0.3) is 0 Å². The van der Waals surface area contributed by atoms with Gasteiger partial charge in [-0.05, 0) is 50.2 Å². The van der Waals surface area contributed by atoms with E-state index in [0.717, 1.165) is 5.69 Å². The summed E-state index contributed by atoms with van der Waals surface area (Å²) < 4.78 is 29.5. The molecule has 0 amide bonds. The Balaban J connectivity index is 1.92. The van der Waals surface area contributed by atoms with Crippen LogP contribution in [0.4, 0.5) is 10.1 Å². The topological polar surface area (TPSA) is 97.3 Å². The lowest BCUT2D eigenvalue weighted by molar-refractivity contribution is -0.168. The monoisotopic (exact) mass is 448 g/mol. The molecule has 1 unspecified atom stereocenters. The summed E-state index contributed by atoms with van der Waals surface area (Å²) in [5.41, 5.74) is 0.813. The number of anilines is 1. The molecule has 174 valence electrons. The van der Waals surface area contributed by atoms with Gasteiger partial charge in [-0.25, -0.2) is 14.0 Å². The van der Waals surface area contributed by atoms with E-state index in [-0.39, 0.29) is 12.4 Å². The molecule has 32 heavy (non-hydrogen) atoms. The summed E-state index contributed by atoms with van der Waals surface area (Å²) in [4.78, 5) is 24.5. The third kappa shape index (κ3) is 8.07. The van der Waals surface area contributed by atoms with Crippen LogP contribution in [0.15, 0.2) is 48.5 Å². The summed E-state index contributed by atoms with van der Waals surface area (Å²) in [6, 6.07) is 13.3. The van der Waals surface area contributed by atoms with Crippen molar-refractivity contribution in [3.8, 4) is 11.5 Å². The Morgan fingerprint density at radius 2 is 1.72 bits per heavy atom. The fourth-order valence-corrected chi connectivity index (χ4v) is 3.00. The number of benzene rings is 2. The first-order valence-electron chi connectivity index (χ1n) is 10.5. The summed E-state index contributed by atoms with van der Waals surface area (Å²) in [7, 11) is 0. The lowest BCUT2D eigenvalue weighted by Crippen LogP contribution is -2.40. The first-order chi connectivity index (χ1) is 15.4. The Morgan fingerprint density at radius 3 is 2.31 bits per heavy atom. The largest absolute Gasteiger partial charge is 0.490 e. The minimum absolute atomic E-state index is 0.251. The third-order valence-corrected chi connectivity index (χ3v) is 4.54. The molecule has 9 heteroatoms. The molecular formula is C23H29FN2O6. The van der Waals surface area contributed by atoms with E-state index in [0.29, 0.717) is 44.2 Å². The molecule has 2 rings (SSSR count). The summed E-state index contributed by atoms with van der Waals surface area (Å²) >= 11 is 0.